The molecule has 10 heteroatoms. The summed E-state index contributed by atoms with van der Waals surface area (Å²) in [5, 5.41) is 17.7. The third kappa shape index (κ3) is 4.78. The van der Waals surface area contributed by atoms with Crippen LogP contribution in [0.1, 0.15) is 12.0 Å². The zero-order valence-electron chi connectivity index (χ0n) is 16.8. The molecule has 0 bridgehead atoms. The van der Waals surface area contributed by atoms with Crippen LogP contribution in [0, 0.1) is 10.1 Å². The van der Waals surface area contributed by atoms with Crippen LogP contribution in [0.25, 0.3) is 0 Å². The Kier molecular flexibility index (Phi) is 6.06. The first-order chi connectivity index (χ1) is 14.9. The zero-order chi connectivity index (χ0) is 22.0. The number of nitrogens with zero attached hydrogens (tertiary/aromatic N) is 3. The van der Waals surface area contributed by atoms with Crippen LogP contribution in [-0.2, 0) is 16.0 Å². The highest BCUT2D eigenvalue weighted by Gasteiger charge is 2.28. The lowest BCUT2D eigenvalue weighted by Crippen LogP contribution is -2.48. The second-order valence-electron chi connectivity index (χ2n) is 7.59. The highest BCUT2D eigenvalue weighted by atomic mass is 35.5. The maximum atomic E-state index is 12.4. The van der Waals surface area contributed by atoms with E-state index in [0.29, 0.717) is 61.1 Å². The maximum absolute atomic E-state index is 12.4. The molecule has 2 aliphatic rings. The SMILES string of the molecule is O=C(CN1CCN(c2cc3c(cc2[N+](=O)[O-])CCC(=O)N3)CC1)Nc1ccccc1Cl. The predicted molar refractivity (Wildman–Crippen MR) is 119 cm³/mol. The number of nitrogens with one attached hydrogen (secondary N) is 2. The van der Waals surface area contributed by atoms with Gasteiger partial charge < -0.3 is 15.5 Å². The molecule has 0 spiro atoms. The van der Waals surface area contributed by atoms with Gasteiger partial charge in [-0.05, 0) is 30.2 Å². The Morgan fingerprint density at radius 1 is 1.16 bits per heavy atom. The first-order valence-electron chi connectivity index (χ1n) is 10.0. The topological polar surface area (TPSA) is 108 Å². The lowest BCUT2D eigenvalue weighted by Gasteiger charge is -2.35. The number of amides is 2. The van der Waals surface area contributed by atoms with Gasteiger partial charge in [-0.2, -0.15) is 0 Å². The average Bonchev–Trinajstić information content (AvgIpc) is 2.75. The number of hydrogen-bond acceptors (Lipinski definition) is 6. The Morgan fingerprint density at radius 3 is 2.61 bits per heavy atom. The third-order valence-electron chi connectivity index (χ3n) is 5.52. The fourth-order valence-corrected chi connectivity index (χ4v) is 4.09. The molecule has 1 fully saturated rings. The van der Waals surface area contributed by atoms with Gasteiger partial charge in [0.1, 0.15) is 5.69 Å². The van der Waals surface area contributed by atoms with Crippen LogP contribution in [0.5, 0.6) is 0 Å². The number of nitro groups is 1. The lowest BCUT2D eigenvalue weighted by atomic mass is 10.0. The van der Waals surface area contributed by atoms with Gasteiger partial charge in [0.05, 0.1) is 22.2 Å². The van der Waals surface area contributed by atoms with Crippen LogP contribution in [0.15, 0.2) is 36.4 Å². The van der Waals surface area contributed by atoms with E-state index in [0.717, 1.165) is 5.56 Å². The van der Waals surface area contributed by atoms with Crippen molar-refractivity contribution in [3.05, 3.63) is 57.1 Å². The van der Waals surface area contributed by atoms with Crippen molar-refractivity contribution in [2.75, 3.05) is 48.3 Å². The summed E-state index contributed by atoms with van der Waals surface area (Å²) in [6.07, 6.45) is 0.828. The van der Waals surface area contributed by atoms with Gasteiger partial charge in [0, 0.05) is 44.4 Å². The summed E-state index contributed by atoms with van der Waals surface area (Å²) >= 11 is 6.08. The molecule has 162 valence electrons. The number of aryl methyl sites for hydroxylation is 1. The van der Waals surface area contributed by atoms with Gasteiger partial charge in [0.15, 0.2) is 0 Å². The Bertz CT molecular complexity index is 1040. The van der Waals surface area contributed by atoms with Crippen LogP contribution < -0.4 is 15.5 Å². The zero-order valence-corrected chi connectivity index (χ0v) is 17.5. The largest absolute Gasteiger partial charge is 0.363 e. The summed E-state index contributed by atoms with van der Waals surface area (Å²) in [5.74, 6) is -0.245. The molecule has 2 N–H and O–H groups in total. The molecule has 0 saturated carbocycles. The van der Waals surface area contributed by atoms with Gasteiger partial charge in [0.25, 0.3) is 5.69 Å². The molecule has 2 heterocycles. The van der Waals surface area contributed by atoms with E-state index in [9.17, 15) is 19.7 Å². The molecule has 1 saturated heterocycles. The van der Waals surface area contributed by atoms with E-state index in [1.54, 1.807) is 36.4 Å². The van der Waals surface area contributed by atoms with E-state index in [1.165, 1.54) is 0 Å². The second-order valence-corrected chi connectivity index (χ2v) is 8.00. The summed E-state index contributed by atoms with van der Waals surface area (Å²) in [5.41, 5.74) is 2.52. The second kappa shape index (κ2) is 8.91. The smallest absolute Gasteiger partial charge is 0.292 e. The quantitative estimate of drug-likeness (QED) is 0.543. The molecular weight excluding hydrogens is 422 g/mol. The molecular formula is C21H22ClN5O4. The number of para-hydroxylation sites is 1. The molecule has 2 aliphatic heterocycles. The molecule has 0 atom stereocenters. The Hall–Kier alpha value is -3.17. The van der Waals surface area contributed by atoms with Gasteiger partial charge in [-0.15, -0.1) is 0 Å². The summed E-state index contributed by atoms with van der Waals surface area (Å²) in [6.45, 7) is 2.44. The minimum atomic E-state index is -0.380. The number of carbonyl (C=O) groups excluding carboxylic acids is 2. The van der Waals surface area contributed by atoms with Gasteiger partial charge in [-0.3, -0.25) is 24.6 Å². The lowest BCUT2D eigenvalue weighted by molar-refractivity contribution is -0.384. The van der Waals surface area contributed by atoms with E-state index in [4.69, 9.17) is 11.6 Å². The predicted octanol–water partition coefficient (Wildman–Crippen LogP) is 2.89. The molecule has 2 aromatic carbocycles. The van der Waals surface area contributed by atoms with Crippen molar-refractivity contribution < 1.29 is 14.5 Å². The van der Waals surface area contributed by atoms with Crippen LogP contribution in [-0.4, -0.2) is 54.4 Å². The van der Waals surface area contributed by atoms with Crippen LogP contribution in [0.4, 0.5) is 22.7 Å². The van der Waals surface area contributed by atoms with E-state index in [2.05, 4.69) is 10.6 Å². The van der Waals surface area contributed by atoms with Crippen molar-refractivity contribution in [3.63, 3.8) is 0 Å². The molecule has 0 unspecified atom stereocenters. The molecule has 2 amide bonds. The normalized spacial score (nSPS) is 16.4. The molecule has 0 aliphatic carbocycles. The van der Waals surface area contributed by atoms with Crippen LogP contribution in [0.2, 0.25) is 5.02 Å². The molecule has 9 nitrogen and oxygen atoms in total. The molecule has 0 radical (unpaired) electrons. The monoisotopic (exact) mass is 443 g/mol. The summed E-state index contributed by atoms with van der Waals surface area (Å²) in [4.78, 5) is 39.3. The molecule has 0 aromatic heterocycles. The van der Waals surface area contributed by atoms with Gasteiger partial charge >= 0.3 is 0 Å². The fraction of sp³-hybridized carbons (Fsp3) is 0.333. The number of carbonyl (C=O) groups is 2. The number of benzene rings is 2. The van der Waals surface area contributed by atoms with Crippen molar-refractivity contribution >= 4 is 46.2 Å². The Balaban J connectivity index is 1.41. The standard InChI is InChI=1S/C21H22ClN5O4/c22-15-3-1-2-4-16(15)23-21(29)13-25-7-9-26(10-8-25)18-12-17-14(5-6-20(28)24-17)11-19(18)27(30)31/h1-4,11-12H,5-10,13H2,(H,23,29)(H,24,28). The highest BCUT2D eigenvalue weighted by molar-refractivity contribution is 6.33. The number of halogens is 1. The third-order valence-corrected chi connectivity index (χ3v) is 5.85. The summed E-state index contributed by atoms with van der Waals surface area (Å²) < 4.78 is 0. The minimum absolute atomic E-state index is 0.0415. The van der Waals surface area contributed by atoms with Crippen LogP contribution >= 0.6 is 11.6 Å². The molecule has 31 heavy (non-hydrogen) atoms. The first kappa shape index (κ1) is 21.1. The summed E-state index contributed by atoms with van der Waals surface area (Å²) in [7, 11) is 0. The number of piperazine rings is 1. The summed E-state index contributed by atoms with van der Waals surface area (Å²) in [6, 6.07) is 10.3. The van der Waals surface area contributed by atoms with Crippen molar-refractivity contribution in [2.45, 2.75) is 12.8 Å². The van der Waals surface area contributed by atoms with E-state index in [-0.39, 0.29) is 29.0 Å². The number of nitro benzene ring substituents is 1. The highest BCUT2D eigenvalue weighted by Crippen LogP contribution is 2.36. The number of fused-ring (bicyclic) bond motifs is 1. The van der Waals surface area contributed by atoms with Crippen molar-refractivity contribution in [3.8, 4) is 0 Å². The van der Waals surface area contributed by atoms with Crippen molar-refractivity contribution in [1.29, 1.82) is 0 Å². The number of anilines is 3. The molecule has 4 rings (SSSR count). The number of hydrogen-bond donors (Lipinski definition) is 2. The number of rotatable bonds is 5. The van der Waals surface area contributed by atoms with E-state index in [1.807, 2.05) is 9.80 Å². The Morgan fingerprint density at radius 2 is 1.90 bits per heavy atom. The van der Waals surface area contributed by atoms with Crippen molar-refractivity contribution in [1.82, 2.24) is 4.90 Å². The minimum Gasteiger partial charge on any atom is -0.363 e. The van der Waals surface area contributed by atoms with Gasteiger partial charge in [0.2, 0.25) is 11.8 Å². The van der Waals surface area contributed by atoms with Gasteiger partial charge in [-0.1, -0.05) is 23.7 Å². The van der Waals surface area contributed by atoms with Gasteiger partial charge in [-0.25, -0.2) is 0 Å². The maximum Gasteiger partial charge on any atom is 0.292 e. The van der Waals surface area contributed by atoms with E-state index >= 15 is 0 Å². The fourth-order valence-electron chi connectivity index (χ4n) is 3.91. The molecule has 2 aromatic rings. The Labute approximate surface area is 184 Å². The van der Waals surface area contributed by atoms with E-state index < -0.39 is 0 Å². The first-order valence-corrected chi connectivity index (χ1v) is 10.4. The average molecular weight is 444 g/mol. The van der Waals surface area contributed by atoms with Crippen molar-refractivity contribution in [2.24, 2.45) is 0 Å². The van der Waals surface area contributed by atoms with Crippen LogP contribution in [0.3, 0.4) is 0 Å².